The van der Waals surface area contributed by atoms with Crippen LogP contribution in [0.4, 0.5) is 22.9 Å². The Hall–Kier alpha value is -3.58. The summed E-state index contributed by atoms with van der Waals surface area (Å²) in [5, 5.41) is 6.78. The van der Waals surface area contributed by atoms with E-state index in [1.54, 1.807) is 6.20 Å². The Balaban J connectivity index is 1.46. The van der Waals surface area contributed by atoms with Crippen molar-refractivity contribution in [3.63, 3.8) is 0 Å². The first-order valence-electron chi connectivity index (χ1n) is 10.9. The van der Waals surface area contributed by atoms with E-state index in [1.165, 1.54) is 5.69 Å². The fraction of sp³-hybridized carbons (Fsp3) is 0.280. The molecule has 7 heteroatoms. The van der Waals surface area contributed by atoms with Crippen LogP contribution in [-0.2, 0) is 17.8 Å². The van der Waals surface area contributed by atoms with E-state index in [0.717, 1.165) is 48.7 Å². The molecule has 1 aromatic heterocycles. The summed E-state index contributed by atoms with van der Waals surface area (Å²) in [5.41, 5.74) is 10.4. The number of amides is 1. The number of primary amides is 1. The molecular formula is C25H30N6O. The first kappa shape index (κ1) is 21.6. The number of carbonyl (C=O) groups excluding carboxylic acids is 1. The molecule has 2 heterocycles. The van der Waals surface area contributed by atoms with Crippen molar-refractivity contribution in [1.82, 2.24) is 9.88 Å². The third kappa shape index (κ3) is 5.76. The molecule has 4 N–H and O–H groups in total. The van der Waals surface area contributed by atoms with E-state index in [4.69, 9.17) is 5.73 Å². The molecule has 0 aliphatic carbocycles. The zero-order valence-electron chi connectivity index (χ0n) is 18.4. The number of nitrogens with one attached hydrogen (secondary N) is 2. The van der Waals surface area contributed by atoms with Gasteiger partial charge in [0, 0.05) is 67.6 Å². The summed E-state index contributed by atoms with van der Waals surface area (Å²) < 4.78 is 0. The van der Waals surface area contributed by atoms with Crippen molar-refractivity contribution in [2.24, 2.45) is 5.73 Å². The molecule has 0 atom stereocenters. The van der Waals surface area contributed by atoms with Crippen LogP contribution in [0.3, 0.4) is 0 Å². The Labute approximate surface area is 189 Å². The lowest BCUT2D eigenvalue weighted by Crippen LogP contribution is -2.44. The average molecular weight is 431 g/mol. The molecule has 0 unspecified atom stereocenters. The molecule has 4 rings (SSSR count). The number of hydrogen-bond donors (Lipinski definition) is 3. The van der Waals surface area contributed by atoms with E-state index < -0.39 is 0 Å². The van der Waals surface area contributed by atoms with Gasteiger partial charge in [-0.2, -0.15) is 0 Å². The zero-order valence-corrected chi connectivity index (χ0v) is 18.4. The normalized spacial score (nSPS) is 14.2. The Morgan fingerprint density at radius 3 is 2.44 bits per heavy atom. The van der Waals surface area contributed by atoms with Crippen molar-refractivity contribution >= 4 is 28.8 Å². The van der Waals surface area contributed by atoms with E-state index in [2.05, 4.69) is 68.9 Å². The van der Waals surface area contributed by atoms with Crippen LogP contribution < -0.4 is 21.3 Å². The van der Waals surface area contributed by atoms with Crippen LogP contribution in [0, 0.1) is 0 Å². The first-order chi connectivity index (χ1) is 15.6. The fourth-order valence-corrected chi connectivity index (χ4v) is 3.81. The van der Waals surface area contributed by atoms with Gasteiger partial charge in [-0.1, -0.05) is 30.3 Å². The molecular weight excluding hydrogens is 400 g/mol. The summed E-state index contributed by atoms with van der Waals surface area (Å²) in [5.74, 6) is 0.330. The summed E-state index contributed by atoms with van der Waals surface area (Å²) in [6.07, 6.45) is 1.85. The average Bonchev–Trinajstić information content (AvgIpc) is 2.80. The van der Waals surface area contributed by atoms with Gasteiger partial charge in [0.15, 0.2) is 0 Å². The minimum atomic E-state index is -0.380. The molecule has 1 aliphatic heterocycles. The molecule has 0 bridgehead atoms. The molecule has 3 aromatic rings. The number of carbonyl (C=O) groups is 1. The lowest BCUT2D eigenvalue weighted by molar-refractivity contribution is -0.117. The van der Waals surface area contributed by atoms with Gasteiger partial charge >= 0.3 is 0 Å². The number of rotatable bonds is 8. The van der Waals surface area contributed by atoms with Gasteiger partial charge in [0.1, 0.15) is 5.82 Å². The molecule has 2 aromatic carbocycles. The van der Waals surface area contributed by atoms with E-state index in [0.29, 0.717) is 12.4 Å². The number of aromatic nitrogens is 1. The topological polar surface area (TPSA) is 86.5 Å². The van der Waals surface area contributed by atoms with Crippen LogP contribution in [0.1, 0.15) is 11.1 Å². The standard InChI is InChI=1S/C25H30N6O/c1-30-11-13-31(14-12-30)22-9-7-21(8-10-22)29-25-16-23(20(18-28-25)15-24(26)32)27-17-19-5-3-2-4-6-19/h2-10,16,18H,11-15,17H2,1H3,(H2,26,32)(H2,27,28,29). The number of anilines is 4. The number of piperazine rings is 1. The lowest BCUT2D eigenvalue weighted by Gasteiger charge is -2.34. The maximum absolute atomic E-state index is 11.5. The quantitative estimate of drug-likeness (QED) is 0.509. The van der Waals surface area contributed by atoms with Crippen molar-refractivity contribution in [2.45, 2.75) is 13.0 Å². The van der Waals surface area contributed by atoms with Crippen LogP contribution in [0.2, 0.25) is 0 Å². The van der Waals surface area contributed by atoms with Crippen molar-refractivity contribution < 1.29 is 4.79 Å². The highest BCUT2D eigenvalue weighted by atomic mass is 16.1. The highest BCUT2D eigenvalue weighted by Gasteiger charge is 2.14. The molecule has 32 heavy (non-hydrogen) atoms. The van der Waals surface area contributed by atoms with Gasteiger partial charge in [-0.25, -0.2) is 4.98 Å². The number of nitrogens with zero attached hydrogens (tertiary/aromatic N) is 3. The summed E-state index contributed by atoms with van der Waals surface area (Å²) in [7, 11) is 2.16. The largest absolute Gasteiger partial charge is 0.381 e. The van der Waals surface area contributed by atoms with Crippen molar-refractivity contribution in [3.05, 3.63) is 78.0 Å². The van der Waals surface area contributed by atoms with Gasteiger partial charge in [-0.05, 0) is 36.9 Å². The Morgan fingerprint density at radius 1 is 1.03 bits per heavy atom. The molecule has 0 spiro atoms. The van der Waals surface area contributed by atoms with E-state index in [1.807, 2.05) is 24.3 Å². The summed E-state index contributed by atoms with van der Waals surface area (Å²) in [6, 6.07) is 20.5. The fourth-order valence-electron chi connectivity index (χ4n) is 3.81. The lowest BCUT2D eigenvalue weighted by atomic mass is 10.1. The minimum absolute atomic E-state index is 0.143. The molecule has 1 amide bonds. The second kappa shape index (κ2) is 10.2. The third-order valence-electron chi connectivity index (χ3n) is 5.69. The number of pyridine rings is 1. The summed E-state index contributed by atoms with van der Waals surface area (Å²) in [6.45, 7) is 4.90. The zero-order chi connectivity index (χ0) is 22.3. The SMILES string of the molecule is CN1CCN(c2ccc(Nc3cc(NCc4ccccc4)c(CC(N)=O)cn3)cc2)CC1. The first-order valence-corrected chi connectivity index (χ1v) is 10.9. The van der Waals surface area contributed by atoms with Gasteiger partial charge in [-0.3, -0.25) is 4.79 Å². The third-order valence-corrected chi connectivity index (χ3v) is 5.69. The maximum atomic E-state index is 11.5. The minimum Gasteiger partial charge on any atom is -0.381 e. The van der Waals surface area contributed by atoms with E-state index >= 15 is 0 Å². The van der Waals surface area contributed by atoms with Gasteiger partial charge < -0.3 is 26.2 Å². The van der Waals surface area contributed by atoms with Crippen LogP contribution in [-0.4, -0.2) is 49.0 Å². The molecule has 0 radical (unpaired) electrons. The molecule has 166 valence electrons. The van der Waals surface area contributed by atoms with Crippen LogP contribution in [0.25, 0.3) is 0 Å². The van der Waals surface area contributed by atoms with Gasteiger partial charge in [0.25, 0.3) is 0 Å². The Kier molecular flexibility index (Phi) is 6.87. The van der Waals surface area contributed by atoms with Gasteiger partial charge in [0.2, 0.25) is 5.91 Å². The van der Waals surface area contributed by atoms with Gasteiger partial charge in [-0.15, -0.1) is 0 Å². The summed E-state index contributed by atoms with van der Waals surface area (Å²) >= 11 is 0. The second-order valence-corrected chi connectivity index (χ2v) is 8.17. The molecule has 1 saturated heterocycles. The smallest absolute Gasteiger partial charge is 0.221 e. The highest BCUT2D eigenvalue weighted by molar-refractivity contribution is 5.79. The predicted molar refractivity (Wildman–Crippen MR) is 130 cm³/mol. The second-order valence-electron chi connectivity index (χ2n) is 8.17. The van der Waals surface area contributed by atoms with Crippen molar-refractivity contribution in [2.75, 3.05) is 48.8 Å². The summed E-state index contributed by atoms with van der Waals surface area (Å²) in [4.78, 5) is 20.7. The molecule has 7 nitrogen and oxygen atoms in total. The maximum Gasteiger partial charge on any atom is 0.221 e. The Morgan fingerprint density at radius 2 is 1.75 bits per heavy atom. The highest BCUT2D eigenvalue weighted by Crippen LogP contribution is 2.25. The van der Waals surface area contributed by atoms with Crippen LogP contribution in [0.15, 0.2) is 66.9 Å². The number of nitrogens with two attached hydrogens (primary N) is 1. The number of hydrogen-bond acceptors (Lipinski definition) is 6. The van der Waals surface area contributed by atoms with Gasteiger partial charge in [0.05, 0.1) is 6.42 Å². The Bertz CT molecular complexity index is 1030. The van der Waals surface area contributed by atoms with E-state index in [9.17, 15) is 4.79 Å². The van der Waals surface area contributed by atoms with Crippen LogP contribution in [0.5, 0.6) is 0 Å². The molecule has 1 fully saturated rings. The van der Waals surface area contributed by atoms with Crippen LogP contribution >= 0.6 is 0 Å². The number of benzene rings is 2. The number of likely N-dealkylation sites (N-methyl/N-ethyl adjacent to an activating group) is 1. The van der Waals surface area contributed by atoms with Crippen molar-refractivity contribution in [1.29, 1.82) is 0 Å². The van der Waals surface area contributed by atoms with E-state index in [-0.39, 0.29) is 12.3 Å². The molecule has 0 saturated carbocycles. The monoisotopic (exact) mass is 430 g/mol. The van der Waals surface area contributed by atoms with Crippen molar-refractivity contribution in [3.8, 4) is 0 Å². The molecule has 1 aliphatic rings. The predicted octanol–water partition coefficient (Wildman–Crippen LogP) is 3.22.